The van der Waals surface area contributed by atoms with Crippen molar-refractivity contribution in [2.45, 2.75) is 57.7 Å². The van der Waals surface area contributed by atoms with Gasteiger partial charge in [0.05, 0.1) is 5.69 Å². The summed E-state index contributed by atoms with van der Waals surface area (Å²) in [5.74, 6) is 0.115. The van der Waals surface area contributed by atoms with Crippen molar-refractivity contribution in [3.63, 3.8) is 0 Å². The van der Waals surface area contributed by atoms with Crippen molar-refractivity contribution >= 4 is 11.6 Å². The van der Waals surface area contributed by atoms with Crippen LogP contribution in [-0.4, -0.2) is 29.7 Å². The number of nitrogens with one attached hydrogen (secondary N) is 1. The molecule has 1 amide bonds. The highest BCUT2D eigenvalue weighted by Gasteiger charge is 2.35. The van der Waals surface area contributed by atoms with E-state index in [2.05, 4.69) is 22.5 Å². The zero-order valence-corrected chi connectivity index (χ0v) is 12.8. The third kappa shape index (κ3) is 3.21. The first-order valence-corrected chi connectivity index (χ1v) is 8.14. The third-order valence-electron chi connectivity index (χ3n) is 4.58. The Kier molecular flexibility index (Phi) is 4.44. The van der Waals surface area contributed by atoms with E-state index in [9.17, 15) is 4.79 Å². The van der Waals surface area contributed by atoms with Gasteiger partial charge in [0, 0.05) is 25.9 Å². The summed E-state index contributed by atoms with van der Waals surface area (Å²) in [4.78, 5) is 12.1. The molecule has 0 bridgehead atoms. The lowest BCUT2D eigenvalue weighted by molar-refractivity contribution is -0.131. The van der Waals surface area contributed by atoms with E-state index < -0.39 is 0 Å². The van der Waals surface area contributed by atoms with Crippen molar-refractivity contribution in [3.05, 3.63) is 30.3 Å². The summed E-state index contributed by atoms with van der Waals surface area (Å²) >= 11 is 0. The Morgan fingerprint density at radius 2 is 1.81 bits per heavy atom. The molecule has 114 valence electrons. The third-order valence-corrected chi connectivity index (χ3v) is 4.58. The summed E-state index contributed by atoms with van der Waals surface area (Å²) in [6, 6.07) is 10.8. The smallest absolute Gasteiger partial charge is 0.239 e. The summed E-state index contributed by atoms with van der Waals surface area (Å²) in [6.07, 6.45) is 7.60. The molecule has 1 aromatic carbocycles. The molecule has 0 spiro atoms. The van der Waals surface area contributed by atoms with Crippen LogP contribution in [0.25, 0.3) is 0 Å². The fraction of sp³-hybridized carbons (Fsp3) is 0.588. The number of amides is 1. The van der Waals surface area contributed by atoms with Gasteiger partial charge in [0.15, 0.2) is 0 Å². The minimum Gasteiger partial charge on any atom is -0.293 e. The van der Waals surface area contributed by atoms with Crippen LogP contribution >= 0.6 is 0 Å². The van der Waals surface area contributed by atoms with Gasteiger partial charge in [-0.1, -0.05) is 37.5 Å². The monoisotopic (exact) mass is 287 g/mol. The highest BCUT2D eigenvalue weighted by molar-refractivity contribution is 5.76. The van der Waals surface area contributed by atoms with Crippen molar-refractivity contribution in [2.24, 2.45) is 0 Å². The fourth-order valence-corrected chi connectivity index (χ4v) is 3.58. The highest BCUT2D eigenvalue weighted by atomic mass is 16.2. The molecule has 0 aromatic heterocycles. The molecule has 21 heavy (non-hydrogen) atoms. The number of hydrogen-bond donors (Lipinski definition) is 1. The van der Waals surface area contributed by atoms with Gasteiger partial charge >= 0.3 is 0 Å². The Balaban J connectivity index is 1.71. The van der Waals surface area contributed by atoms with Crippen LogP contribution in [0, 0.1) is 0 Å². The van der Waals surface area contributed by atoms with Crippen molar-refractivity contribution in [3.8, 4) is 0 Å². The molecule has 4 heteroatoms. The van der Waals surface area contributed by atoms with E-state index in [-0.39, 0.29) is 12.1 Å². The minimum absolute atomic E-state index is 0.115. The average Bonchev–Trinajstić information content (AvgIpc) is 2.93. The lowest BCUT2D eigenvalue weighted by atomic mass is 9.95. The number of hydrazine groups is 1. The number of carbonyl (C=O) groups excluding carboxylic acids is 1. The normalized spacial score (nSPS) is 23.6. The molecule has 1 N–H and O–H groups in total. The van der Waals surface area contributed by atoms with Crippen LogP contribution in [0.5, 0.6) is 0 Å². The van der Waals surface area contributed by atoms with Gasteiger partial charge < -0.3 is 0 Å². The van der Waals surface area contributed by atoms with Crippen LogP contribution in [-0.2, 0) is 4.79 Å². The molecule has 2 aliphatic rings. The number of anilines is 1. The Labute approximate surface area is 127 Å². The van der Waals surface area contributed by atoms with Crippen LogP contribution in [0.1, 0.15) is 45.4 Å². The molecule has 1 aromatic rings. The predicted molar refractivity (Wildman–Crippen MR) is 84.7 cm³/mol. The predicted octanol–water partition coefficient (Wildman–Crippen LogP) is 2.91. The first-order valence-electron chi connectivity index (χ1n) is 8.14. The van der Waals surface area contributed by atoms with Crippen molar-refractivity contribution in [1.29, 1.82) is 0 Å². The molecule has 1 atom stereocenters. The van der Waals surface area contributed by atoms with Crippen molar-refractivity contribution < 1.29 is 4.79 Å². The lowest BCUT2D eigenvalue weighted by Crippen LogP contribution is -2.53. The van der Waals surface area contributed by atoms with Crippen LogP contribution in [0.4, 0.5) is 5.69 Å². The molecule has 1 aliphatic carbocycles. The first-order chi connectivity index (χ1) is 10.3. The molecule has 2 fully saturated rings. The Bertz CT molecular complexity index is 470. The maximum Gasteiger partial charge on any atom is 0.239 e. The maximum atomic E-state index is 12.1. The quantitative estimate of drug-likeness (QED) is 0.928. The zero-order chi connectivity index (χ0) is 14.7. The minimum atomic E-state index is 0.115. The number of benzene rings is 1. The molecule has 3 rings (SSSR count). The van der Waals surface area contributed by atoms with E-state index in [1.54, 1.807) is 6.92 Å². The van der Waals surface area contributed by atoms with E-state index in [1.165, 1.54) is 32.1 Å². The maximum absolute atomic E-state index is 12.1. The van der Waals surface area contributed by atoms with Gasteiger partial charge in [-0.3, -0.25) is 15.1 Å². The molecule has 1 unspecified atom stereocenters. The highest BCUT2D eigenvalue weighted by Crippen LogP contribution is 2.26. The van der Waals surface area contributed by atoms with Gasteiger partial charge in [-0.15, -0.1) is 0 Å². The summed E-state index contributed by atoms with van der Waals surface area (Å²) in [6.45, 7) is 2.56. The lowest BCUT2D eigenvalue weighted by Gasteiger charge is -2.35. The van der Waals surface area contributed by atoms with E-state index >= 15 is 0 Å². The SMILES string of the molecule is CC(=O)N1C(NC2CCCCC2)CCN1c1ccccc1. The molecule has 4 nitrogen and oxygen atoms in total. The topological polar surface area (TPSA) is 35.6 Å². The van der Waals surface area contributed by atoms with E-state index in [0.29, 0.717) is 6.04 Å². The molecular formula is C17H25N3O. The molecular weight excluding hydrogens is 262 g/mol. The van der Waals surface area contributed by atoms with Crippen LogP contribution in [0.2, 0.25) is 0 Å². The van der Waals surface area contributed by atoms with E-state index in [0.717, 1.165) is 18.7 Å². The second-order valence-electron chi connectivity index (χ2n) is 6.13. The van der Waals surface area contributed by atoms with Crippen molar-refractivity contribution in [2.75, 3.05) is 11.6 Å². The fourth-order valence-electron chi connectivity index (χ4n) is 3.58. The Morgan fingerprint density at radius 3 is 2.48 bits per heavy atom. The van der Waals surface area contributed by atoms with Gasteiger partial charge in [0.2, 0.25) is 5.91 Å². The van der Waals surface area contributed by atoms with E-state index in [4.69, 9.17) is 0 Å². The van der Waals surface area contributed by atoms with Gasteiger partial charge in [-0.05, 0) is 25.0 Å². The molecule has 1 aliphatic heterocycles. The summed E-state index contributed by atoms with van der Waals surface area (Å²) < 4.78 is 0. The van der Waals surface area contributed by atoms with Gasteiger partial charge in [-0.25, -0.2) is 5.01 Å². The van der Waals surface area contributed by atoms with Gasteiger partial charge in [-0.2, -0.15) is 0 Å². The number of para-hydroxylation sites is 1. The average molecular weight is 287 g/mol. The molecule has 1 heterocycles. The second-order valence-corrected chi connectivity index (χ2v) is 6.13. The van der Waals surface area contributed by atoms with Gasteiger partial charge in [0.1, 0.15) is 6.17 Å². The second kappa shape index (κ2) is 6.48. The molecule has 1 saturated carbocycles. The number of carbonyl (C=O) groups is 1. The number of hydrogen-bond acceptors (Lipinski definition) is 3. The van der Waals surface area contributed by atoms with Crippen LogP contribution < -0.4 is 10.3 Å². The molecule has 0 radical (unpaired) electrons. The Hall–Kier alpha value is -1.55. The summed E-state index contributed by atoms with van der Waals surface area (Å²) in [5, 5.41) is 7.73. The van der Waals surface area contributed by atoms with Crippen LogP contribution in [0.3, 0.4) is 0 Å². The standard InChI is InChI=1S/C17H25N3O/c1-14(21)20-17(18-15-8-4-2-5-9-15)12-13-19(20)16-10-6-3-7-11-16/h3,6-7,10-11,15,17-18H,2,4-5,8-9,12-13H2,1H3. The van der Waals surface area contributed by atoms with Crippen LogP contribution in [0.15, 0.2) is 30.3 Å². The molecule has 1 saturated heterocycles. The largest absolute Gasteiger partial charge is 0.293 e. The van der Waals surface area contributed by atoms with Gasteiger partial charge in [0.25, 0.3) is 0 Å². The summed E-state index contributed by atoms with van der Waals surface area (Å²) in [7, 11) is 0. The Morgan fingerprint density at radius 1 is 1.10 bits per heavy atom. The van der Waals surface area contributed by atoms with E-state index in [1.807, 2.05) is 23.2 Å². The number of nitrogens with zero attached hydrogens (tertiary/aromatic N) is 2. The first kappa shape index (κ1) is 14.4. The zero-order valence-electron chi connectivity index (χ0n) is 12.8. The number of rotatable bonds is 3. The summed E-state index contributed by atoms with van der Waals surface area (Å²) in [5.41, 5.74) is 1.10. The van der Waals surface area contributed by atoms with Crippen molar-refractivity contribution in [1.82, 2.24) is 10.3 Å².